The maximum atomic E-state index is 13.3. The monoisotopic (exact) mass is 390 g/mol. The average Bonchev–Trinajstić information content (AvgIpc) is 2.37. The van der Waals surface area contributed by atoms with Crippen molar-refractivity contribution in [3.63, 3.8) is 0 Å². The second kappa shape index (κ2) is 6.09. The third kappa shape index (κ3) is 3.20. The highest BCUT2D eigenvalue weighted by molar-refractivity contribution is 9.11. The molecule has 0 spiro atoms. The molecule has 2 aromatic carbocycles. The van der Waals surface area contributed by atoms with E-state index < -0.39 is 17.7 Å². The molecule has 0 amide bonds. The number of rotatable bonds is 3. The lowest BCUT2D eigenvalue weighted by Crippen LogP contribution is -2.29. The SMILES string of the molecule is NNC(c1ccc(F)c(F)c1)c1ccc(Br)cc1Br. The summed E-state index contributed by atoms with van der Waals surface area (Å²) in [4.78, 5) is 0. The van der Waals surface area contributed by atoms with Gasteiger partial charge < -0.3 is 0 Å². The Hall–Kier alpha value is -0.820. The molecule has 0 aliphatic heterocycles. The van der Waals surface area contributed by atoms with E-state index in [9.17, 15) is 8.78 Å². The predicted molar refractivity (Wildman–Crippen MR) is 77.4 cm³/mol. The van der Waals surface area contributed by atoms with Crippen LogP contribution in [0, 0.1) is 11.6 Å². The van der Waals surface area contributed by atoms with E-state index in [-0.39, 0.29) is 0 Å². The molecule has 0 bridgehead atoms. The molecule has 3 N–H and O–H groups in total. The summed E-state index contributed by atoms with van der Waals surface area (Å²) in [6.07, 6.45) is 0. The lowest BCUT2D eigenvalue weighted by molar-refractivity contribution is 0.504. The van der Waals surface area contributed by atoms with Crippen LogP contribution in [0.2, 0.25) is 0 Å². The molecule has 2 rings (SSSR count). The number of halogens is 4. The van der Waals surface area contributed by atoms with Crippen molar-refractivity contribution in [2.75, 3.05) is 0 Å². The molecule has 19 heavy (non-hydrogen) atoms. The van der Waals surface area contributed by atoms with Gasteiger partial charge in [0.2, 0.25) is 0 Å². The van der Waals surface area contributed by atoms with E-state index in [1.807, 2.05) is 18.2 Å². The van der Waals surface area contributed by atoms with E-state index in [0.717, 1.165) is 26.6 Å². The Morgan fingerprint density at radius 2 is 1.74 bits per heavy atom. The minimum Gasteiger partial charge on any atom is -0.271 e. The summed E-state index contributed by atoms with van der Waals surface area (Å²) in [6.45, 7) is 0. The molecule has 0 fully saturated rings. The van der Waals surface area contributed by atoms with Crippen molar-refractivity contribution >= 4 is 31.9 Å². The van der Waals surface area contributed by atoms with Gasteiger partial charge in [0.1, 0.15) is 0 Å². The van der Waals surface area contributed by atoms with E-state index in [1.165, 1.54) is 6.07 Å². The maximum absolute atomic E-state index is 13.3. The van der Waals surface area contributed by atoms with Gasteiger partial charge >= 0.3 is 0 Å². The summed E-state index contributed by atoms with van der Waals surface area (Å²) in [7, 11) is 0. The number of hydrazine groups is 1. The van der Waals surface area contributed by atoms with Crippen LogP contribution < -0.4 is 11.3 Å². The van der Waals surface area contributed by atoms with Crippen LogP contribution in [0.5, 0.6) is 0 Å². The molecule has 100 valence electrons. The van der Waals surface area contributed by atoms with Crippen molar-refractivity contribution in [2.45, 2.75) is 6.04 Å². The Bertz CT molecular complexity index is 605. The fraction of sp³-hybridized carbons (Fsp3) is 0.0769. The van der Waals surface area contributed by atoms with Crippen LogP contribution in [0.4, 0.5) is 8.78 Å². The highest BCUT2D eigenvalue weighted by Crippen LogP contribution is 2.30. The van der Waals surface area contributed by atoms with Crippen molar-refractivity contribution in [1.82, 2.24) is 5.43 Å². The summed E-state index contributed by atoms with van der Waals surface area (Å²) in [6, 6.07) is 8.84. The van der Waals surface area contributed by atoms with Crippen LogP contribution >= 0.6 is 31.9 Å². The Morgan fingerprint density at radius 3 is 2.32 bits per heavy atom. The van der Waals surface area contributed by atoms with Crippen LogP contribution in [0.1, 0.15) is 17.2 Å². The quantitative estimate of drug-likeness (QED) is 0.612. The van der Waals surface area contributed by atoms with Crippen molar-refractivity contribution in [2.24, 2.45) is 5.84 Å². The normalized spacial score (nSPS) is 12.5. The first-order valence-electron chi connectivity index (χ1n) is 5.39. The molecule has 6 heteroatoms. The fourth-order valence-corrected chi connectivity index (χ4v) is 3.07. The second-order valence-electron chi connectivity index (χ2n) is 3.94. The van der Waals surface area contributed by atoms with Gasteiger partial charge in [0.05, 0.1) is 6.04 Å². The fourth-order valence-electron chi connectivity index (χ4n) is 1.79. The average molecular weight is 392 g/mol. The molecule has 0 aliphatic carbocycles. The minimum absolute atomic E-state index is 0.433. The van der Waals surface area contributed by atoms with Crippen LogP contribution in [-0.4, -0.2) is 0 Å². The summed E-state index contributed by atoms with van der Waals surface area (Å²) in [5, 5.41) is 0. The Labute approximate surface area is 126 Å². The van der Waals surface area contributed by atoms with Crippen LogP contribution in [0.25, 0.3) is 0 Å². The van der Waals surface area contributed by atoms with Gasteiger partial charge in [-0.25, -0.2) is 14.2 Å². The van der Waals surface area contributed by atoms with Gasteiger partial charge in [-0.15, -0.1) is 0 Å². The maximum Gasteiger partial charge on any atom is 0.159 e. The molecule has 0 saturated heterocycles. The van der Waals surface area contributed by atoms with Crippen LogP contribution in [-0.2, 0) is 0 Å². The molecule has 1 unspecified atom stereocenters. The smallest absolute Gasteiger partial charge is 0.159 e. The number of benzene rings is 2. The first kappa shape index (κ1) is 14.6. The zero-order chi connectivity index (χ0) is 14.0. The van der Waals surface area contributed by atoms with Crippen molar-refractivity contribution in [3.05, 3.63) is 68.1 Å². The predicted octanol–water partition coefficient (Wildman–Crippen LogP) is 4.04. The molecule has 2 nitrogen and oxygen atoms in total. The molecule has 0 aromatic heterocycles. The highest BCUT2D eigenvalue weighted by atomic mass is 79.9. The van der Waals surface area contributed by atoms with Crippen molar-refractivity contribution < 1.29 is 8.78 Å². The summed E-state index contributed by atoms with van der Waals surface area (Å²) >= 11 is 6.78. The van der Waals surface area contributed by atoms with E-state index in [4.69, 9.17) is 5.84 Å². The molecule has 0 saturated carbocycles. The Morgan fingerprint density at radius 1 is 1.00 bits per heavy atom. The first-order valence-corrected chi connectivity index (χ1v) is 6.97. The molecule has 2 aromatic rings. The van der Waals surface area contributed by atoms with E-state index in [1.54, 1.807) is 0 Å². The van der Waals surface area contributed by atoms with Gasteiger partial charge in [-0.3, -0.25) is 5.84 Å². The largest absolute Gasteiger partial charge is 0.271 e. The van der Waals surface area contributed by atoms with Gasteiger partial charge in [0, 0.05) is 8.95 Å². The third-order valence-electron chi connectivity index (χ3n) is 2.72. The summed E-state index contributed by atoms with van der Waals surface area (Å²) < 4.78 is 28.0. The number of nitrogens with one attached hydrogen (secondary N) is 1. The van der Waals surface area contributed by atoms with Gasteiger partial charge in [0.15, 0.2) is 11.6 Å². The van der Waals surface area contributed by atoms with E-state index in [2.05, 4.69) is 37.3 Å². The number of nitrogens with two attached hydrogens (primary N) is 1. The molecule has 0 heterocycles. The Kier molecular flexibility index (Phi) is 4.67. The highest BCUT2D eigenvalue weighted by Gasteiger charge is 2.17. The van der Waals surface area contributed by atoms with Gasteiger partial charge in [-0.05, 0) is 35.4 Å². The van der Waals surface area contributed by atoms with Crippen LogP contribution in [0.3, 0.4) is 0 Å². The molecule has 0 radical (unpaired) electrons. The lowest BCUT2D eigenvalue weighted by Gasteiger charge is -2.18. The summed E-state index contributed by atoms with van der Waals surface area (Å²) in [5.41, 5.74) is 3.98. The zero-order valence-electron chi connectivity index (χ0n) is 9.63. The first-order chi connectivity index (χ1) is 9.02. The van der Waals surface area contributed by atoms with E-state index in [0.29, 0.717) is 5.56 Å². The van der Waals surface area contributed by atoms with Gasteiger partial charge in [-0.2, -0.15) is 0 Å². The molecular formula is C13H10Br2F2N2. The van der Waals surface area contributed by atoms with Gasteiger partial charge in [-0.1, -0.05) is 44.0 Å². The summed E-state index contributed by atoms with van der Waals surface area (Å²) in [5.74, 6) is 3.76. The van der Waals surface area contributed by atoms with Crippen LogP contribution in [0.15, 0.2) is 45.3 Å². The molecular weight excluding hydrogens is 382 g/mol. The van der Waals surface area contributed by atoms with Gasteiger partial charge in [0.25, 0.3) is 0 Å². The standard InChI is InChI=1S/C13H10Br2F2N2/c14-8-2-3-9(10(15)6-8)13(19-18)7-1-4-11(16)12(17)5-7/h1-6,13,19H,18H2. The minimum atomic E-state index is -0.897. The van der Waals surface area contributed by atoms with Crippen molar-refractivity contribution in [1.29, 1.82) is 0 Å². The zero-order valence-corrected chi connectivity index (χ0v) is 12.8. The number of hydrogen-bond acceptors (Lipinski definition) is 2. The third-order valence-corrected chi connectivity index (χ3v) is 3.90. The number of hydrogen-bond donors (Lipinski definition) is 2. The Balaban J connectivity index is 2.46. The molecule has 1 atom stereocenters. The molecule has 0 aliphatic rings. The van der Waals surface area contributed by atoms with E-state index >= 15 is 0 Å². The lowest BCUT2D eigenvalue weighted by atomic mass is 9.99. The topological polar surface area (TPSA) is 38.0 Å². The van der Waals surface area contributed by atoms with Crippen molar-refractivity contribution in [3.8, 4) is 0 Å². The second-order valence-corrected chi connectivity index (χ2v) is 5.71.